The summed E-state index contributed by atoms with van der Waals surface area (Å²) in [4.78, 5) is 26.8. The van der Waals surface area contributed by atoms with E-state index in [1.165, 1.54) is 5.56 Å². The molecule has 0 aliphatic heterocycles. The third-order valence-corrected chi connectivity index (χ3v) is 6.65. The highest BCUT2D eigenvalue weighted by molar-refractivity contribution is 5.95. The van der Waals surface area contributed by atoms with Crippen LogP contribution in [0.2, 0.25) is 0 Å². The Morgan fingerprint density at radius 3 is 2.15 bits per heavy atom. The highest BCUT2D eigenvalue weighted by atomic mass is 16.5. The van der Waals surface area contributed by atoms with Crippen molar-refractivity contribution in [3.63, 3.8) is 0 Å². The Morgan fingerprint density at radius 2 is 1.46 bits per heavy atom. The maximum absolute atomic E-state index is 13.7. The first-order valence-electron chi connectivity index (χ1n) is 12.9. The summed E-state index contributed by atoms with van der Waals surface area (Å²) in [6.07, 6.45) is 1.66. The number of ether oxygens (including phenoxy) is 2. The molecule has 0 atom stereocenters. The minimum atomic E-state index is -0.862. The Hall–Kier alpha value is -4.58. The van der Waals surface area contributed by atoms with Crippen molar-refractivity contribution in [3.05, 3.63) is 119 Å². The Balaban J connectivity index is 1.55. The minimum absolute atomic E-state index is 0.0348. The molecule has 4 aromatic rings. The summed E-state index contributed by atoms with van der Waals surface area (Å²) in [5, 5.41) is 9.28. The quantitative estimate of drug-likeness (QED) is 0.237. The third-order valence-electron chi connectivity index (χ3n) is 6.65. The number of carbonyl (C=O) groups is 2. The van der Waals surface area contributed by atoms with E-state index in [2.05, 4.69) is 12.1 Å². The summed E-state index contributed by atoms with van der Waals surface area (Å²) in [6, 6.07) is 31.0. The van der Waals surface area contributed by atoms with E-state index in [0.29, 0.717) is 30.2 Å². The summed E-state index contributed by atoms with van der Waals surface area (Å²) in [5.41, 5.74) is 5.36. The highest BCUT2D eigenvalue weighted by Crippen LogP contribution is 2.29. The predicted octanol–water partition coefficient (Wildman–Crippen LogP) is 6.27. The zero-order valence-corrected chi connectivity index (χ0v) is 22.3. The molecule has 200 valence electrons. The van der Waals surface area contributed by atoms with Crippen LogP contribution in [0.1, 0.15) is 33.5 Å². The first-order valence-corrected chi connectivity index (χ1v) is 12.9. The molecule has 0 fully saturated rings. The van der Waals surface area contributed by atoms with E-state index in [9.17, 15) is 14.7 Å². The van der Waals surface area contributed by atoms with Gasteiger partial charge in [0, 0.05) is 18.7 Å². The summed E-state index contributed by atoms with van der Waals surface area (Å²) in [6.45, 7) is 1.03. The zero-order valence-electron chi connectivity index (χ0n) is 22.3. The molecule has 0 saturated carbocycles. The predicted molar refractivity (Wildman–Crippen MR) is 152 cm³/mol. The molecule has 0 aliphatic carbocycles. The second-order valence-electron chi connectivity index (χ2n) is 9.31. The van der Waals surface area contributed by atoms with Gasteiger partial charge in [-0.25, -0.2) is 0 Å². The van der Waals surface area contributed by atoms with Gasteiger partial charge in [-0.15, -0.1) is 0 Å². The number of carbonyl (C=O) groups excluding carboxylic acids is 1. The van der Waals surface area contributed by atoms with Crippen molar-refractivity contribution >= 4 is 11.9 Å². The van der Waals surface area contributed by atoms with Crippen LogP contribution in [-0.2, 0) is 24.2 Å². The van der Waals surface area contributed by atoms with E-state index in [-0.39, 0.29) is 12.3 Å². The lowest BCUT2D eigenvalue weighted by molar-refractivity contribution is -0.136. The Labute approximate surface area is 229 Å². The van der Waals surface area contributed by atoms with Crippen molar-refractivity contribution in [1.82, 2.24) is 4.90 Å². The normalized spacial score (nSPS) is 10.6. The fraction of sp³-hybridized carbons (Fsp3) is 0.212. The number of aliphatic carboxylic acids is 1. The van der Waals surface area contributed by atoms with Gasteiger partial charge >= 0.3 is 5.97 Å². The van der Waals surface area contributed by atoms with Crippen molar-refractivity contribution in [2.75, 3.05) is 20.8 Å². The van der Waals surface area contributed by atoms with E-state index in [1.807, 2.05) is 71.6 Å². The molecule has 0 aromatic heterocycles. The highest BCUT2D eigenvalue weighted by Gasteiger charge is 2.19. The fourth-order valence-electron chi connectivity index (χ4n) is 4.65. The molecular weight excluding hydrogens is 490 g/mol. The standard InChI is InChI=1S/C33H33NO5/c1-38-30-19-18-28(21-31(30)39-2)33(37)34(20-8-11-24-9-4-3-5-10-24)23-25-14-16-26(17-15-25)29-13-7-6-12-27(29)22-32(35)36/h3-7,9-10,12-19,21H,8,11,20,22-23H2,1-2H3,(H,35,36). The SMILES string of the molecule is COc1ccc(C(=O)N(CCCc2ccccc2)Cc2ccc(-c3ccccc3CC(=O)O)cc2)cc1OC. The van der Waals surface area contributed by atoms with E-state index < -0.39 is 5.97 Å². The Kier molecular flexibility index (Phi) is 9.35. The topological polar surface area (TPSA) is 76.1 Å². The number of benzene rings is 4. The van der Waals surface area contributed by atoms with Gasteiger partial charge in [0.1, 0.15) is 0 Å². The lowest BCUT2D eigenvalue weighted by Crippen LogP contribution is -2.31. The van der Waals surface area contributed by atoms with Crippen LogP contribution in [0.3, 0.4) is 0 Å². The average Bonchev–Trinajstić information content (AvgIpc) is 2.97. The molecule has 39 heavy (non-hydrogen) atoms. The maximum atomic E-state index is 13.7. The Bertz CT molecular complexity index is 1400. The lowest BCUT2D eigenvalue weighted by Gasteiger charge is -2.24. The van der Waals surface area contributed by atoms with Gasteiger partial charge in [0.25, 0.3) is 5.91 Å². The van der Waals surface area contributed by atoms with Gasteiger partial charge in [0.15, 0.2) is 11.5 Å². The number of nitrogens with zero attached hydrogens (tertiary/aromatic N) is 1. The number of methoxy groups -OCH3 is 2. The molecule has 4 aromatic carbocycles. The fourth-order valence-corrected chi connectivity index (χ4v) is 4.65. The smallest absolute Gasteiger partial charge is 0.307 e. The number of hydrogen-bond donors (Lipinski definition) is 1. The number of amides is 1. The van der Waals surface area contributed by atoms with E-state index in [0.717, 1.165) is 35.1 Å². The largest absolute Gasteiger partial charge is 0.493 e. The van der Waals surface area contributed by atoms with E-state index >= 15 is 0 Å². The van der Waals surface area contributed by atoms with Gasteiger partial charge in [-0.05, 0) is 58.9 Å². The number of hydrogen-bond acceptors (Lipinski definition) is 4. The molecule has 0 unspecified atom stereocenters. The van der Waals surface area contributed by atoms with Crippen LogP contribution in [0.25, 0.3) is 11.1 Å². The number of rotatable bonds is 12. The van der Waals surface area contributed by atoms with Crippen LogP contribution in [0.4, 0.5) is 0 Å². The summed E-state index contributed by atoms with van der Waals surface area (Å²) < 4.78 is 10.8. The van der Waals surface area contributed by atoms with Crippen LogP contribution >= 0.6 is 0 Å². The molecule has 0 bridgehead atoms. The van der Waals surface area contributed by atoms with E-state index in [1.54, 1.807) is 32.4 Å². The van der Waals surface area contributed by atoms with Crippen LogP contribution in [-0.4, -0.2) is 42.6 Å². The monoisotopic (exact) mass is 523 g/mol. The second kappa shape index (κ2) is 13.3. The van der Waals surface area contributed by atoms with Gasteiger partial charge in [-0.2, -0.15) is 0 Å². The molecule has 1 N–H and O–H groups in total. The molecule has 0 saturated heterocycles. The molecule has 0 aliphatic rings. The van der Waals surface area contributed by atoms with Gasteiger partial charge < -0.3 is 19.5 Å². The van der Waals surface area contributed by atoms with Gasteiger partial charge in [0.2, 0.25) is 0 Å². The molecule has 4 rings (SSSR count). The van der Waals surface area contributed by atoms with Crippen molar-refractivity contribution in [2.45, 2.75) is 25.8 Å². The summed E-state index contributed by atoms with van der Waals surface area (Å²) in [5.74, 6) is 0.138. The number of aryl methyl sites for hydroxylation is 1. The molecule has 6 heteroatoms. The summed E-state index contributed by atoms with van der Waals surface area (Å²) in [7, 11) is 3.12. The first kappa shape index (κ1) is 27.5. The molecule has 6 nitrogen and oxygen atoms in total. The van der Waals surface area contributed by atoms with Crippen molar-refractivity contribution in [2.24, 2.45) is 0 Å². The summed E-state index contributed by atoms with van der Waals surface area (Å²) >= 11 is 0. The lowest BCUT2D eigenvalue weighted by atomic mass is 9.97. The van der Waals surface area contributed by atoms with Crippen molar-refractivity contribution < 1.29 is 24.2 Å². The minimum Gasteiger partial charge on any atom is -0.493 e. The number of carboxylic acids is 1. The molecule has 0 heterocycles. The van der Waals surface area contributed by atoms with Gasteiger partial charge in [0.05, 0.1) is 20.6 Å². The van der Waals surface area contributed by atoms with Gasteiger partial charge in [-0.3, -0.25) is 9.59 Å². The first-order chi connectivity index (χ1) is 19.0. The number of carboxylic acid groups (broad SMARTS) is 1. The van der Waals surface area contributed by atoms with E-state index in [4.69, 9.17) is 9.47 Å². The van der Waals surface area contributed by atoms with Crippen LogP contribution in [0.15, 0.2) is 97.1 Å². The molecular formula is C33H33NO5. The maximum Gasteiger partial charge on any atom is 0.307 e. The van der Waals surface area contributed by atoms with Crippen LogP contribution in [0.5, 0.6) is 11.5 Å². The average molecular weight is 524 g/mol. The molecule has 0 radical (unpaired) electrons. The molecule has 0 spiro atoms. The van der Waals surface area contributed by atoms with Gasteiger partial charge in [-0.1, -0.05) is 78.9 Å². The van der Waals surface area contributed by atoms with Crippen molar-refractivity contribution in [3.8, 4) is 22.6 Å². The zero-order chi connectivity index (χ0) is 27.6. The Morgan fingerprint density at radius 1 is 0.769 bits per heavy atom. The third kappa shape index (κ3) is 7.26. The molecule has 1 amide bonds. The van der Waals surface area contributed by atoms with Crippen LogP contribution < -0.4 is 9.47 Å². The second-order valence-corrected chi connectivity index (χ2v) is 9.31. The van der Waals surface area contributed by atoms with Crippen LogP contribution in [0, 0.1) is 0 Å². The van der Waals surface area contributed by atoms with Crippen molar-refractivity contribution in [1.29, 1.82) is 0 Å².